The molecule has 8 nitrogen and oxygen atoms in total. The first-order valence-electron chi connectivity index (χ1n) is 12.6. The van der Waals surface area contributed by atoms with Gasteiger partial charge < -0.3 is 15.2 Å². The van der Waals surface area contributed by atoms with Crippen molar-refractivity contribution >= 4 is 34.2 Å². The molecule has 0 unspecified atom stereocenters. The molecular formula is C26H27ClF3N5O3. The molecule has 1 saturated carbocycles. The van der Waals surface area contributed by atoms with E-state index >= 15 is 0 Å². The van der Waals surface area contributed by atoms with Crippen LogP contribution in [0.2, 0.25) is 5.02 Å². The van der Waals surface area contributed by atoms with E-state index in [-0.39, 0.29) is 35.3 Å². The van der Waals surface area contributed by atoms with E-state index in [1.807, 2.05) is 12.1 Å². The number of halogens is 4. The number of benzene rings is 2. The van der Waals surface area contributed by atoms with Crippen LogP contribution in [0, 0.1) is 0 Å². The molecular weight excluding hydrogens is 523 g/mol. The van der Waals surface area contributed by atoms with Gasteiger partial charge in [0.1, 0.15) is 23.4 Å². The Hall–Kier alpha value is -2.89. The number of carbonyl (C=O) groups excluding carboxylic acids is 1. The van der Waals surface area contributed by atoms with Crippen molar-refractivity contribution in [2.45, 2.75) is 55.8 Å². The number of hydrogen-bond acceptors (Lipinski definition) is 6. The Morgan fingerprint density at radius 2 is 1.95 bits per heavy atom. The molecule has 3 aliphatic rings. The van der Waals surface area contributed by atoms with Gasteiger partial charge in [-0.3, -0.25) is 9.69 Å². The number of nitrogens with zero attached hydrogens (tertiary/aromatic N) is 4. The molecule has 2 aliphatic heterocycles. The number of fused-ring (bicyclic) bond motifs is 3. The maximum absolute atomic E-state index is 14.0. The van der Waals surface area contributed by atoms with E-state index in [4.69, 9.17) is 16.3 Å². The van der Waals surface area contributed by atoms with Crippen molar-refractivity contribution in [2.75, 3.05) is 31.6 Å². The van der Waals surface area contributed by atoms with Crippen LogP contribution in [-0.2, 0) is 16.4 Å². The van der Waals surface area contributed by atoms with Crippen LogP contribution in [0.1, 0.15) is 49.8 Å². The monoisotopic (exact) mass is 549 g/mol. The van der Waals surface area contributed by atoms with Crippen molar-refractivity contribution < 1.29 is 27.8 Å². The number of nitrogens with one attached hydrogen (secondary N) is 1. The normalized spacial score (nSPS) is 24.9. The summed E-state index contributed by atoms with van der Waals surface area (Å²) in [5, 5.41) is 21.5. The quantitative estimate of drug-likeness (QED) is 0.485. The number of piperidine rings is 1. The Bertz CT molecular complexity index is 1410. The molecule has 2 N–H and O–H groups in total. The van der Waals surface area contributed by atoms with E-state index in [9.17, 15) is 23.1 Å². The zero-order chi connectivity index (χ0) is 26.9. The second-order valence-corrected chi connectivity index (χ2v) is 11.3. The smallest absolute Gasteiger partial charge is 0.418 e. The van der Waals surface area contributed by atoms with E-state index in [1.54, 1.807) is 13.0 Å². The molecule has 3 heterocycles. The molecule has 6 rings (SSSR count). The Morgan fingerprint density at radius 3 is 2.63 bits per heavy atom. The van der Waals surface area contributed by atoms with Crippen molar-refractivity contribution in [3.05, 3.63) is 46.5 Å². The summed E-state index contributed by atoms with van der Waals surface area (Å²) in [4.78, 5) is 15.0. The molecule has 202 valence electrons. The molecule has 12 heteroatoms. The van der Waals surface area contributed by atoms with Crippen LogP contribution in [0.3, 0.4) is 0 Å². The molecule has 0 bridgehead atoms. The summed E-state index contributed by atoms with van der Waals surface area (Å²) in [6, 6.07) is 7.56. The third-order valence-electron chi connectivity index (χ3n) is 8.11. The van der Waals surface area contributed by atoms with Gasteiger partial charge in [0.05, 0.1) is 22.6 Å². The van der Waals surface area contributed by atoms with Crippen LogP contribution in [0.5, 0.6) is 5.75 Å². The van der Waals surface area contributed by atoms with Crippen molar-refractivity contribution in [1.29, 1.82) is 0 Å². The molecule has 0 atom stereocenters. The highest BCUT2D eigenvalue weighted by atomic mass is 35.5. The summed E-state index contributed by atoms with van der Waals surface area (Å²) in [5.74, 6) is 0.0573. The molecule has 1 spiro atoms. The number of ether oxygens (including phenoxy) is 1. The number of aliphatic hydroxyl groups is 1. The topological polar surface area (TPSA) is 92.5 Å². The Kier molecular flexibility index (Phi) is 5.89. The van der Waals surface area contributed by atoms with Crippen molar-refractivity contribution in [3.63, 3.8) is 0 Å². The molecule has 1 aromatic heterocycles. The van der Waals surface area contributed by atoms with Gasteiger partial charge in [-0.15, -0.1) is 5.10 Å². The summed E-state index contributed by atoms with van der Waals surface area (Å²) in [6.07, 6.45) is -2.75. The predicted molar refractivity (Wildman–Crippen MR) is 134 cm³/mol. The van der Waals surface area contributed by atoms with Gasteiger partial charge in [-0.25, -0.2) is 4.68 Å². The maximum Gasteiger partial charge on any atom is 0.418 e. The van der Waals surface area contributed by atoms with Crippen LogP contribution in [0.25, 0.3) is 11.0 Å². The van der Waals surface area contributed by atoms with Crippen LogP contribution in [-0.4, -0.2) is 62.7 Å². The number of amides is 1. The van der Waals surface area contributed by atoms with Gasteiger partial charge >= 0.3 is 6.18 Å². The number of rotatable bonds is 5. The third-order valence-corrected chi connectivity index (χ3v) is 8.34. The lowest BCUT2D eigenvalue weighted by atomic mass is 9.73. The number of anilines is 1. The van der Waals surface area contributed by atoms with E-state index in [0.717, 1.165) is 17.3 Å². The standard InChI is InChI=1S/C26H27ClF3N5O3/c1-24(37)13-16(14-24)35-22-19(26(28,29)30)11-17(12-21(22)32-33-35)38-9-8-34-6-4-25(5-7-34)18-10-15(27)2-3-20(18)31-23(25)36/h2-3,10-12,16,37H,4-9,13-14H2,1H3,(H,31,36)/t16-,24+. The van der Waals surface area contributed by atoms with E-state index < -0.39 is 22.8 Å². The minimum atomic E-state index is -4.62. The fourth-order valence-corrected chi connectivity index (χ4v) is 6.24. The zero-order valence-electron chi connectivity index (χ0n) is 20.7. The Labute approximate surface area is 221 Å². The lowest BCUT2D eigenvalue weighted by Gasteiger charge is -2.40. The van der Waals surface area contributed by atoms with Gasteiger partial charge in [-0.1, -0.05) is 16.8 Å². The van der Waals surface area contributed by atoms with Crippen LogP contribution < -0.4 is 10.1 Å². The molecule has 38 heavy (non-hydrogen) atoms. The summed E-state index contributed by atoms with van der Waals surface area (Å²) >= 11 is 6.19. The van der Waals surface area contributed by atoms with Crippen molar-refractivity contribution in [2.24, 2.45) is 0 Å². The number of aromatic nitrogens is 3. The third kappa shape index (κ3) is 4.30. The van der Waals surface area contributed by atoms with Crippen molar-refractivity contribution in [1.82, 2.24) is 19.9 Å². The molecule has 2 fully saturated rings. The van der Waals surface area contributed by atoms with Crippen LogP contribution in [0.4, 0.5) is 18.9 Å². The first-order chi connectivity index (χ1) is 18.0. The van der Waals surface area contributed by atoms with Crippen LogP contribution in [0.15, 0.2) is 30.3 Å². The van der Waals surface area contributed by atoms with Gasteiger partial charge in [0.25, 0.3) is 0 Å². The van der Waals surface area contributed by atoms with Gasteiger partial charge in [-0.2, -0.15) is 13.2 Å². The maximum atomic E-state index is 14.0. The minimum Gasteiger partial charge on any atom is -0.492 e. The van der Waals surface area contributed by atoms with Gasteiger partial charge in [-0.05, 0) is 75.5 Å². The Morgan fingerprint density at radius 1 is 1.21 bits per heavy atom. The summed E-state index contributed by atoms with van der Waals surface area (Å²) in [5.41, 5.74) is -0.636. The number of carbonyl (C=O) groups is 1. The van der Waals surface area contributed by atoms with Gasteiger partial charge in [0.15, 0.2) is 0 Å². The van der Waals surface area contributed by atoms with Crippen LogP contribution >= 0.6 is 11.6 Å². The molecule has 1 aliphatic carbocycles. The highest BCUT2D eigenvalue weighted by molar-refractivity contribution is 6.31. The number of hydrogen-bond donors (Lipinski definition) is 2. The molecule has 0 radical (unpaired) electrons. The summed E-state index contributed by atoms with van der Waals surface area (Å²) in [7, 11) is 0. The number of alkyl halides is 3. The lowest BCUT2D eigenvalue weighted by Crippen LogP contribution is -2.47. The molecule has 3 aromatic rings. The first kappa shape index (κ1) is 25.4. The second-order valence-electron chi connectivity index (χ2n) is 10.8. The predicted octanol–water partition coefficient (Wildman–Crippen LogP) is 4.55. The number of likely N-dealkylation sites (tertiary alicyclic amines) is 1. The molecule has 1 saturated heterocycles. The largest absolute Gasteiger partial charge is 0.492 e. The van der Waals surface area contributed by atoms with E-state index in [0.29, 0.717) is 50.3 Å². The molecule has 1 amide bonds. The highest BCUT2D eigenvalue weighted by Crippen LogP contribution is 2.46. The zero-order valence-corrected chi connectivity index (χ0v) is 21.4. The first-order valence-corrected chi connectivity index (χ1v) is 13.0. The van der Waals surface area contributed by atoms with E-state index in [1.165, 1.54) is 10.7 Å². The second kappa shape index (κ2) is 8.82. The minimum absolute atomic E-state index is 0.0165. The van der Waals surface area contributed by atoms with Crippen molar-refractivity contribution in [3.8, 4) is 5.75 Å². The highest BCUT2D eigenvalue weighted by Gasteiger charge is 2.48. The average molecular weight is 550 g/mol. The lowest BCUT2D eigenvalue weighted by molar-refractivity contribution is -0.136. The van der Waals surface area contributed by atoms with E-state index in [2.05, 4.69) is 20.5 Å². The van der Waals surface area contributed by atoms with Gasteiger partial charge in [0.2, 0.25) is 5.91 Å². The average Bonchev–Trinajstić information content (AvgIpc) is 3.37. The SMILES string of the molecule is C[C@]1(O)C[C@@H](n2nnc3cc(OCCN4CCC5(CC4)C(=O)Nc4ccc(Cl)cc45)cc(C(F)(F)F)c32)C1. The van der Waals surface area contributed by atoms with Gasteiger partial charge in [0, 0.05) is 23.3 Å². The summed E-state index contributed by atoms with van der Waals surface area (Å²) in [6.45, 7) is 3.63. The fraction of sp³-hybridized carbons (Fsp3) is 0.500. The Balaban J connectivity index is 1.12. The summed E-state index contributed by atoms with van der Waals surface area (Å²) < 4.78 is 49.0. The molecule has 2 aromatic carbocycles. The fourth-order valence-electron chi connectivity index (χ4n) is 6.07.